The topological polar surface area (TPSA) is 43.1 Å². The number of hydrogen-bond donors (Lipinski definition) is 0. The highest BCUT2D eigenvalue weighted by molar-refractivity contribution is 7.13. The normalized spacial score (nSPS) is 10.7. The molecule has 0 N–H and O–H groups in total. The van der Waals surface area contributed by atoms with Gasteiger partial charge in [0.15, 0.2) is 5.78 Å². The van der Waals surface area contributed by atoms with Crippen molar-refractivity contribution in [1.29, 1.82) is 0 Å². The zero-order chi connectivity index (χ0) is 13.9. The molecule has 20 heavy (non-hydrogen) atoms. The summed E-state index contributed by atoms with van der Waals surface area (Å²) in [7, 11) is 0. The van der Waals surface area contributed by atoms with Crippen molar-refractivity contribution in [2.24, 2.45) is 0 Å². The molecule has 1 aromatic carbocycles. The smallest absolute Gasteiger partial charge is 0.168 e. The number of carbonyl (C=O) groups is 1. The predicted octanol–water partition coefficient (Wildman–Crippen LogP) is 4.14. The molecule has 3 nitrogen and oxygen atoms in total. The van der Waals surface area contributed by atoms with Crippen LogP contribution in [0, 0.1) is 6.92 Å². The van der Waals surface area contributed by atoms with E-state index in [0.29, 0.717) is 6.42 Å². The largest absolute Gasteiger partial charge is 0.469 e. The van der Waals surface area contributed by atoms with Crippen molar-refractivity contribution in [2.75, 3.05) is 0 Å². The number of hydrogen-bond acceptors (Lipinski definition) is 4. The van der Waals surface area contributed by atoms with E-state index in [1.165, 1.54) is 11.3 Å². The minimum atomic E-state index is 0.0892. The first-order chi connectivity index (χ1) is 9.74. The zero-order valence-electron chi connectivity index (χ0n) is 11.0. The first-order valence-corrected chi connectivity index (χ1v) is 7.19. The van der Waals surface area contributed by atoms with Crippen LogP contribution in [0.1, 0.15) is 21.8 Å². The molecule has 0 fully saturated rings. The van der Waals surface area contributed by atoms with E-state index in [2.05, 4.69) is 4.98 Å². The lowest BCUT2D eigenvalue weighted by Gasteiger charge is -1.97. The first kappa shape index (κ1) is 12.8. The van der Waals surface area contributed by atoms with Gasteiger partial charge in [-0.1, -0.05) is 30.3 Å². The van der Waals surface area contributed by atoms with Crippen molar-refractivity contribution in [3.05, 3.63) is 65.1 Å². The fourth-order valence-electron chi connectivity index (χ4n) is 2.01. The summed E-state index contributed by atoms with van der Waals surface area (Å²) >= 11 is 1.54. The lowest BCUT2D eigenvalue weighted by Crippen LogP contribution is -2.03. The number of nitrogens with zero attached hydrogens (tertiary/aromatic N) is 1. The summed E-state index contributed by atoms with van der Waals surface area (Å²) in [5, 5.41) is 2.83. The van der Waals surface area contributed by atoms with Crippen molar-refractivity contribution in [3.63, 3.8) is 0 Å². The molecule has 0 saturated carbocycles. The van der Waals surface area contributed by atoms with Crippen LogP contribution in [-0.4, -0.2) is 10.8 Å². The lowest BCUT2D eigenvalue weighted by molar-refractivity contribution is 0.0992. The highest BCUT2D eigenvalue weighted by Gasteiger charge is 2.12. The SMILES string of the molecule is Cc1occc1-c1nc(CC(=O)c2ccccc2)cs1. The number of rotatable bonds is 4. The molecular weight excluding hydrogens is 270 g/mol. The summed E-state index contributed by atoms with van der Waals surface area (Å²) in [5.74, 6) is 0.937. The summed E-state index contributed by atoms with van der Waals surface area (Å²) in [5.41, 5.74) is 2.52. The maximum Gasteiger partial charge on any atom is 0.168 e. The highest BCUT2D eigenvalue weighted by atomic mass is 32.1. The molecule has 0 saturated heterocycles. The van der Waals surface area contributed by atoms with Gasteiger partial charge >= 0.3 is 0 Å². The Kier molecular flexibility index (Phi) is 3.48. The summed E-state index contributed by atoms with van der Waals surface area (Å²) in [4.78, 5) is 16.6. The average molecular weight is 283 g/mol. The Bertz CT molecular complexity index is 728. The Labute approximate surface area is 120 Å². The van der Waals surface area contributed by atoms with E-state index < -0.39 is 0 Å². The summed E-state index contributed by atoms with van der Waals surface area (Å²) in [6.07, 6.45) is 1.98. The average Bonchev–Trinajstić information content (AvgIpc) is 3.08. The van der Waals surface area contributed by atoms with E-state index in [-0.39, 0.29) is 5.78 Å². The molecule has 4 heteroatoms. The van der Waals surface area contributed by atoms with Gasteiger partial charge in [-0.3, -0.25) is 4.79 Å². The van der Waals surface area contributed by atoms with Gasteiger partial charge in [0.1, 0.15) is 10.8 Å². The van der Waals surface area contributed by atoms with Crippen molar-refractivity contribution in [1.82, 2.24) is 4.98 Å². The van der Waals surface area contributed by atoms with Gasteiger partial charge in [0.2, 0.25) is 0 Å². The van der Waals surface area contributed by atoms with E-state index in [1.807, 2.05) is 48.7 Å². The molecule has 0 bridgehead atoms. The lowest BCUT2D eigenvalue weighted by atomic mass is 10.1. The Morgan fingerprint density at radius 1 is 1.25 bits per heavy atom. The van der Waals surface area contributed by atoms with E-state index in [4.69, 9.17) is 4.42 Å². The van der Waals surface area contributed by atoms with Gasteiger partial charge in [-0.2, -0.15) is 0 Å². The van der Waals surface area contributed by atoms with Crippen LogP contribution in [0.25, 0.3) is 10.6 Å². The predicted molar refractivity (Wildman–Crippen MR) is 79.0 cm³/mol. The van der Waals surface area contributed by atoms with Gasteiger partial charge in [0.05, 0.1) is 23.9 Å². The van der Waals surface area contributed by atoms with Crippen LogP contribution in [0.2, 0.25) is 0 Å². The maximum atomic E-state index is 12.1. The van der Waals surface area contributed by atoms with Crippen LogP contribution >= 0.6 is 11.3 Å². The third-order valence-electron chi connectivity index (χ3n) is 3.08. The Hall–Kier alpha value is -2.20. The number of benzene rings is 1. The molecule has 3 aromatic rings. The minimum Gasteiger partial charge on any atom is -0.469 e. The van der Waals surface area contributed by atoms with Gasteiger partial charge in [-0.25, -0.2) is 4.98 Å². The summed E-state index contributed by atoms with van der Waals surface area (Å²) in [6, 6.07) is 11.2. The van der Waals surface area contributed by atoms with Crippen LogP contribution in [0.5, 0.6) is 0 Å². The van der Waals surface area contributed by atoms with E-state index in [9.17, 15) is 4.79 Å². The Morgan fingerprint density at radius 2 is 2.05 bits per heavy atom. The number of Topliss-reactive ketones (excluding diaryl/α,β-unsaturated/α-hetero) is 1. The second kappa shape index (κ2) is 5.43. The fraction of sp³-hybridized carbons (Fsp3) is 0.125. The van der Waals surface area contributed by atoms with Crippen LogP contribution < -0.4 is 0 Å². The molecular formula is C16H13NO2S. The molecule has 0 atom stereocenters. The Morgan fingerprint density at radius 3 is 2.75 bits per heavy atom. The summed E-state index contributed by atoms with van der Waals surface area (Å²) < 4.78 is 5.28. The standard InChI is InChI=1S/C16H13NO2S/c1-11-14(7-8-19-11)16-17-13(10-20-16)9-15(18)12-5-3-2-4-6-12/h2-8,10H,9H2,1H3. The second-order valence-corrected chi connectivity index (χ2v) is 5.36. The van der Waals surface area contributed by atoms with Gasteiger partial charge < -0.3 is 4.42 Å². The van der Waals surface area contributed by atoms with Gasteiger partial charge in [0, 0.05) is 10.9 Å². The quantitative estimate of drug-likeness (QED) is 0.676. The molecule has 2 heterocycles. The van der Waals surface area contributed by atoms with Gasteiger partial charge in [0.25, 0.3) is 0 Å². The molecule has 0 aliphatic heterocycles. The number of furan rings is 1. The van der Waals surface area contributed by atoms with Gasteiger partial charge in [-0.15, -0.1) is 11.3 Å². The number of ketones is 1. The molecule has 0 unspecified atom stereocenters. The van der Waals surface area contributed by atoms with E-state index in [0.717, 1.165) is 27.6 Å². The van der Waals surface area contributed by atoms with Crippen molar-refractivity contribution < 1.29 is 9.21 Å². The monoisotopic (exact) mass is 283 g/mol. The fourth-order valence-corrected chi connectivity index (χ4v) is 2.90. The molecule has 2 aromatic heterocycles. The third-order valence-corrected chi connectivity index (χ3v) is 4.00. The first-order valence-electron chi connectivity index (χ1n) is 6.31. The molecule has 0 amide bonds. The molecule has 0 aliphatic carbocycles. The Balaban J connectivity index is 1.78. The van der Waals surface area contributed by atoms with Crippen LogP contribution in [-0.2, 0) is 6.42 Å². The molecule has 0 spiro atoms. The molecule has 100 valence electrons. The van der Waals surface area contributed by atoms with E-state index in [1.54, 1.807) is 6.26 Å². The summed E-state index contributed by atoms with van der Waals surface area (Å²) in [6.45, 7) is 1.91. The van der Waals surface area contributed by atoms with Gasteiger partial charge in [-0.05, 0) is 13.0 Å². The highest BCUT2D eigenvalue weighted by Crippen LogP contribution is 2.27. The third kappa shape index (κ3) is 2.56. The second-order valence-electron chi connectivity index (χ2n) is 4.50. The minimum absolute atomic E-state index is 0.0892. The van der Waals surface area contributed by atoms with Crippen LogP contribution in [0.15, 0.2) is 52.5 Å². The number of aromatic nitrogens is 1. The number of aryl methyl sites for hydroxylation is 1. The number of carbonyl (C=O) groups excluding carboxylic acids is 1. The van der Waals surface area contributed by atoms with Crippen molar-refractivity contribution in [3.8, 4) is 10.6 Å². The molecule has 0 aliphatic rings. The maximum absolute atomic E-state index is 12.1. The van der Waals surface area contributed by atoms with Crippen LogP contribution in [0.3, 0.4) is 0 Å². The van der Waals surface area contributed by atoms with Crippen LogP contribution in [0.4, 0.5) is 0 Å². The zero-order valence-corrected chi connectivity index (χ0v) is 11.8. The van der Waals surface area contributed by atoms with Crippen molar-refractivity contribution in [2.45, 2.75) is 13.3 Å². The van der Waals surface area contributed by atoms with E-state index >= 15 is 0 Å². The number of thiazole rings is 1. The molecule has 3 rings (SSSR count). The van der Waals surface area contributed by atoms with Crippen molar-refractivity contribution >= 4 is 17.1 Å². The molecule has 0 radical (unpaired) electrons.